The highest BCUT2D eigenvalue weighted by Gasteiger charge is 2.08. The van der Waals surface area contributed by atoms with Crippen LogP contribution in [0.1, 0.15) is 11.1 Å². The number of imidazole rings is 1. The van der Waals surface area contributed by atoms with E-state index in [9.17, 15) is 0 Å². The number of hydrogen-bond acceptors (Lipinski definition) is 2. The second kappa shape index (κ2) is 4.79. The number of benzene rings is 1. The van der Waals surface area contributed by atoms with E-state index in [-0.39, 0.29) is 0 Å². The predicted octanol–water partition coefficient (Wildman–Crippen LogP) is 4.10. The molecule has 0 atom stereocenters. The van der Waals surface area contributed by atoms with Gasteiger partial charge in [-0.25, -0.2) is 4.98 Å². The Hall–Kier alpha value is -1.65. The Labute approximate surface area is 120 Å². The van der Waals surface area contributed by atoms with Gasteiger partial charge in [-0.05, 0) is 36.3 Å². The SMILES string of the molecule is Cc1ccccc1Cn1c(=S)[nH]c2cc(Cl)cnc21. The molecule has 1 N–H and O–H groups in total. The summed E-state index contributed by atoms with van der Waals surface area (Å²) in [6.45, 7) is 2.80. The van der Waals surface area contributed by atoms with E-state index in [2.05, 4.69) is 29.0 Å². The summed E-state index contributed by atoms with van der Waals surface area (Å²) in [5.41, 5.74) is 4.17. The number of H-pyrrole nitrogens is 1. The van der Waals surface area contributed by atoms with Crippen LogP contribution in [0, 0.1) is 11.7 Å². The lowest BCUT2D eigenvalue weighted by atomic mass is 10.1. The number of halogens is 1. The Kier molecular flexibility index (Phi) is 3.12. The maximum atomic E-state index is 5.94. The fourth-order valence-corrected chi connectivity index (χ4v) is 2.54. The number of aryl methyl sites for hydroxylation is 1. The minimum atomic E-state index is 0.604. The Morgan fingerprint density at radius 1 is 1.37 bits per heavy atom. The van der Waals surface area contributed by atoms with Crippen molar-refractivity contribution < 1.29 is 0 Å². The third-order valence-electron chi connectivity index (χ3n) is 3.17. The van der Waals surface area contributed by atoms with Crippen molar-refractivity contribution in [1.82, 2.24) is 14.5 Å². The molecule has 0 radical (unpaired) electrons. The Balaban J connectivity index is 2.13. The molecule has 3 nitrogen and oxygen atoms in total. The monoisotopic (exact) mass is 289 g/mol. The summed E-state index contributed by atoms with van der Waals surface area (Å²) >= 11 is 11.3. The Morgan fingerprint density at radius 2 is 2.16 bits per heavy atom. The van der Waals surface area contributed by atoms with E-state index in [4.69, 9.17) is 23.8 Å². The number of hydrogen-bond donors (Lipinski definition) is 1. The highest BCUT2D eigenvalue weighted by atomic mass is 35.5. The van der Waals surface area contributed by atoms with E-state index >= 15 is 0 Å². The molecule has 0 fully saturated rings. The predicted molar refractivity (Wildman–Crippen MR) is 80.2 cm³/mol. The third kappa shape index (κ3) is 2.29. The summed E-state index contributed by atoms with van der Waals surface area (Å²) in [5.74, 6) is 0. The van der Waals surface area contributed by atoms with Gasteiger partial charge in [0.15, 0.2) is 10.4 Å². The van der Waals surface area contributed by atoms with Crippen molar-refractivity contribution in [3.63, 3.8) is 0 Å². The molecule has 5 heteroatoms. The van der Waals surface area contributed by atoms with E-state index in [1.54, 1.807) is 6.20 Å². The fourth-order valence-electron chi connectivity index (χ4n) is 2.12. The Morgan fingerprint density at radius 3 is 2.95 bits per heavy atom. The van der Waals surface area contributed by atoms with E-state index in [0.29, 0.717) is 16.3 Å². The summed E-state index contributed by atoms with van der Waals surface area (Å²) in [4.78, 5) is 7.50. The minimum absolute atomic E-state index is 0.604. The zero-order valence-electron chi connectivity index (χ0n) is 10.4. The first kappa shape index (κ1) is 12.4. The number of nitrogens with zero attached hydrogens (tertiary/aromatic N) is 2. The molecule has 19 heavy (non-hydrogen) atoms. The molecule has 2 heterocycles. The summed E-state index contributed by atoms with van der Waals surface area (Å²) in [6, 6.07) is 10.1. The molecule has 0 aliphatic rings. The van der Waals surface area contributed by atoms with Crippen molar-refractivity contribution in [3.05, 3.63) is 57.4 Å². The van der Waals surface area contributed by atoms with Gasteiger partial charge < -0.3 is 4.98 Å². The van der Waals surface area contributed by atoms with Crippen LogP contribution in [0.5, 0.6) is 0 Å². The summed E-state index contributed by atoms with van der Waals surface area (Å²) < 4.78 is 2.65. The molecule has 0 saturated heterocycles. The molecule has 0 spiro atoms. The van der Waals surface area contributed by atoms with Crippen molar-refractivity contribution in [1.29, 1.82) is 0 Å². The number of nitrogens with one attached hydrogen (secondary N) is 1. The Bertz CT molecular complexity index is 804. The first-order chi connectivity index (χ1) is 9.15. The highest BCUT2D eigenvalue weighted by molar-refractivity contribution is 7.71. The number of aromatic amines is 1. The molecule has 0 unspecified atom stereocenters. The van der Waals surface area contributed by atoms with Gasteiger partial charge in [-0.3, -0.25) is 4.57 Å². The largest absolute Gasteiger partial charge is 0.329 e. The maximum Gasteiger partial charge on any atom is 0.179 e. The molecule has 0 saturated carbocycles. The zero-order valence-corrected chi connectivity index (χ0v) is 11.9. The van der Waals surface area contributed by atoms with Gasteiger partial charge in [-0.15, -0.1) is 0 Å². The fraction of sp³-hybridized carbons (Fsp3) is 0.143. The third-order valence-corrected chi connectivity index (χ3v) is 3.69. The van der Waals surface area contributed by atoms with Gasteiger partial charge in [0.1, 0.15) is 0 Å². The van der Waals surface area contributed by atoms with Crippen LogP contribution in [0.3, 0.4) is 0 Å². The molecular formula is C14H12ClN3S. The average molecular weight is 290 g/mol. The molecule has 1 aromatic carbocycles. The maximum absolute atomic E-state index is 5.94. The van der Waals surface area contributed by atoms with E-state index < -0.39 is 0 Å². The van der Waals surface area contributed by atoms with Gasteiger partial charge in [0, 0.05) is 6.20 Å². The first-order valence-electron chi connectivity index (χ1n) is 5.94. The smallest absolute Gasteiger partial charge is 0.179 e. The van der Waals surface area contributed by atoms with Crippen LogP contribution in [-0.4, -0.2) is 14.5 Å². The molecule has 0 bridgehead atoms. The van der Waals surface area contributed by atoms with E-state index in [1.165, 1.54) is 11.1 Å². The van der Waals surface area contributed by atoms with Crippen molar-refractivity contribution in [2.24, 2.45) is 0 Å². The van der Waals surface area contributed by atoms with Gasteiger partial charge in [-0.2, -0.15) is 0 Å². The van der Waals surface area contributed by atoms with E-state index in [0.717, 1.165) is 11.2 Å². The molecular weight excluding hydrogens is 278 g/mol. The summed E-state index contributed by atoms with van der Waals surface area (Å²) in [7, 11) is 0. The second-order valence-corrected chi connectivity index (χ2v) is 5.29. The number of fused-ring (bicyclic) bond motifs is 1. The van der Waals surface area contributed by atoms with Crippen molar-refractivity contribution >= 4 is 35.0 Å². The van der Waals surface area contributed by atoms with Crippen LogP contribution < -0.4 is 0 Å². The normalized spacial score (nSPS) is 11.1. The standard InChI is InChI=1S/C14H12ClN3S/c1-9-4-2-3-5-10(9)8-18-13-12(17-14(18)19)6-11(15)7-16-13/h2-7H,8H2,1H3,(H,17,19). The minimum Gasteiger partial charge on any atom is -0.329 e. The highest BCUT2D eigenvalue weighted by Crippen LogP contribution is 2.18. The lowest BCUT2D eigenvalue weighted by molar-refractivity contribution is 0.796. The van der Waals surface area contributed by atoms with Crippen LogP contribution in [0.4, 0.5) is 0 Å². The quantitative estimate of drug-likeness (QED) is 0.721. The lowest BCUT2D eigenvalue weighted by Gasteiger charge is -2.07. The molecule has 2 aromatic heterocycles. The molecule has 3 aromatic rings. The van der Waals surface area contributed by atoms with Gasteiger partial charge in [0.25, 0.3) is 0 Å². The molecule has 0 aliphatic heterocycles. The zero-order chi connectivity index (χ0) is 13.4. The topological polar surface area (TPSA) is 33.6 Å². The van der Waals surface area contributed by atoms with Crippen LogP contribution >= 0.6 is 23.8 Å². The second-order valence-electron chi connectivity index (χ2n) is 4.47. The van der Waals surface area contributed by atoms with E-state index in [1.807, 2.05) is 22.8 Å². The van der Waals surface area contributed by atoms with Gasteiger partial charge in [-0.1, -0.05) is 35.9 Å². The van der Waals surface area contributed by atoms with Crippen LogP contribution in [0.2, 0.25) is 5.02 Å². The number of aromatic nitrogens is 3. The molecule has 96 valence electrons. The average Bonchev–Trinajstić information content (AvgIpc) is 2.68. The summed E-state index contributed by atoms with van der Waals surface area (Å²) in [6.07, 6.45) is 1.64. The van der Waals surface area contributed by atoms with Crippen LogP contribution in [-0.2, 0) is 6.54 Å². The number of pyridine rings is 1. The first-order valence-corrected chi connectivity index (χ1v) is 6.72. The lowest BCUT2D eigenvalue weighted by Crippen LogP contribution is -2.02. The van der Waals surface area contributed by atoms with Crippen LogP contribution in [0.15, 0.2) is 36.5 Å². The van der Waals surface area contributed by atoms with Crippen LogP contribution in [0.25, 0.3) is 11.2 Å². The molecule has 0 amide bonds. The van der Waals surface area contributed by atoms with Gasteiger partial charge in [0.05, 0.1) is 17.1 Å². The van der Waals surface area contributed by atoms with Crippen molar-refractivity contribution in [3.8, 4) is 0 Å². The molecule has 3 rings (SSSR count). The van der Waals surface area contributed by atoms with Crippen molar-refractivity contribution in [2.75, 3.05) is 0 Å². The summed E-state index contributed by atoms with van der Waals surface area (Å²) in [5, 5.41) is 0.604. The number of rotatable bonds is 2. The van der Waals surface area contributed by atoms with Gasteiger partial charge >= 0.3 is 0 Å². The molecule has 0 aliphatic carbocycles. The van der Waals surface area contributed by atoms with Crippen molar-refractivity contribution in [2.45, 2.75) is 13.5 Å². The van der Waals surface area contributed by atoms with Gasteiger partial charge in [0.2, 0.25) is 0 Å².